The van der Waals surface area contributed by atoms with Crippen LogP contribution in [0.3, 0.4) is 0 Å². The Morgan fingerprint density at radius 2 is 2.00 bits per heavy atom. The van der Waals surface area contributed by atoms with Gasteiger partial charge in [0.25, 0.3) is 0 Å². The molecular formula is C13H18BrClN2. The van der Waals surface area contributed by atoms with Crippen molar-refractivity contribution in [3.05, 3.63) is 33.3 Å². The van der Waals surface area contributed by atoms with Crippen molar-refractivity contribution in [2.75, 3.05) is 0 Å². The van der Waals surface area contributed by atoms with Crippen molar-refractivity contribution in [2.24, 2.45) is 11.8 Å². The van der Waals surface area contributed by atoms with Crippen LogP contribution in [0.4, 0.5) is 0 Å². The van der Waals surface area contributed by atoms with E-state index >= 15 is 0 Å². The smallest absolute Gasteiger partial charge is 0.0502 e. The number of nitrogens with one attached hydrogen (secondary N) is 1. The minimum Gasteiger partial charge on any atom is -0.271 e. The first-order chi connectivity index (χ1) is 8.22. The maximum absolute atomic E-state index is 6.30. The first kappa shape index (κ1) is 13.3. The molecule has 17 heavy (non-hydrogen) atoms. The van der Waals surface area contributed by atoms with E-state index in [1.54, 1.807) is 0 Å². The summed E-state index contributed by atoms with van der Waals surface area (Å²) in [6.07, 6.45) is 6.43. The number of nitrogens with two attached hydrogens (primary N) is 1. The van der Waals surface area contributed by atoms with Crippen molar-refractivity contribution in [2.45, 2.75) is 38.1 Å². The molecule has 1 atom stereocenters. The summed E-state index contributed by atoms with van der Waals surface area (Å²) in [5, 5.41) is 0.785. The van der Waals surface area contributed by atoms with Gasteiger partial charge >= 0.3 is 0 Å². The molecule has 1 saturated carbocycles. The molecule has 0 aliphatic heterocycles. The van der Waals surface area contributed by atoms with E-state index in [-0.39, 0.29) is 6.04 Å². The van der Waals surface area contributed by atoms with Crippen molar-refractivity contribution in [3.8, 4) is 0 Å². The quantitative estimate of drug-likeness (QED) is 0.648. The summed E-state index contributed by atoms with van der Waals surface area (Å²) in [5.41, 5.74) is 4.06. The van der Waals surface area contributed by atoms with Crippen molar-refractivity contribution in [3.63, 3.8) is 0 Å². The normalized spacial score (nSPS) is 19.2. The average molecular weight is 318 g/mol. The summed E-state index contributed by atoms with van der Waals surface area (Å²) in [4.78, 5) is 0. The fraction of sp³-hybridized carbons (Fsp3) is 0.538. The van der Waals surface area contributed by atoms with E-state index in [0.29, 0.717) is 5.92 Å². The van der Waals surface area contributed by atoms with E-state index < -0.39 is 0 Å². The van der Waals surface area contributed by atoms with Crippen molar-refractivity contribution in [1.29, 1.82) is 0 Å². The first-order valence-corrected chi connectivity index (χ1v) is 7.30. The Labute approximate surface area is 116 Å². The van der Waals surface area contributed by atoms with Crippen LogP contribution in [0, 0.1) is 5.92 Å². The molecule has 3 N–H and O–H groups in total. The second-order valence-electron chi connectivity index (χ2n) is 4.71. The van der Waals surface area contributed by atoms with Crippen LogP contribution < -0.4 is 11.3 Å². The lowest BCUT2D eigenvalue weighted by Crippen LogP contribution is -2.34. The van der Waals surface area contributed by atoms with Gasteiger partial charge in [-0.3, -0.25) is 11.3 Å². The summed E-state index contributed by atoms with van der Waals surface area (Å²) in [6.45, 7) is 0. The van der Waals surface area contributed by atoms with E-state index in [9.17, 15) is 0 Å². The van der Waals surface area contributed by atoms with Crippen LogP contribution in [-0.4, -0.2) is 0 Å². The van der Waals surface area contributed by atoms with Gasteiger partial charge in [0, 0.05) is 9.50 Å². The van der Waals surface area contributed by atoms with E-state index in [1.807, 2.05) is 12.1 Å². The fourth-order valence-corrected chi connectivity index (χ4v) is 3.49. The molecule has 1 aromatic carbocycles. The van der Waals surface area contributed by atoms with Crippen molar-refractivity contribution < 1.29 is 0 Å². The zero-order chi connectivity index (χ0) is 12.3. The Morgan fingerprint density at radius 3 is 2.59 bits per heavy atom. The van der Waals surface area contributed by atoms with Gasteiger partial charge in [-0.05, 0) is 36.5 Å². The molecule has 1 aliphatic carbocycles. The maximum Gasteiger partial charge on any atom is 0.0502 e. The van der Waals surface area contributed by atoms with Gasteiger partial charge in [0.15, 0.2) is 0 Å². The molecule has 1 aromatic rings. The Bertz CT molecular complexity index is 378. The molecule has 0 aromatic heterocycles. The molecular weight excluding hydrogens is 300 g/mol. The lowest BCUT2D eigenvalue weighted by Gasteiger charge is -2.30. The van der Waals surface area contributed by atoms with Crippen LogP contribution in [0.25, 0.3) is 0 Å². The molecule has 94 valence electrons. The SMILES string of the molecule is NNC(c1ccc(Br)cc1Cl)C1CCCCC1. The van der Waals surface area contributed by atoms with Gasteiger partial charge in [-0.1, -0.05) is 52.9 Å². The highest BCUT2D eigenvalue weighted by molar-refractivity contribution is 9.10. The number of hydrogen-bond acceptors (Lipinski definition) is 2. The van der Waals surface area contributed by atoms with Crippen LogP contribution in [-0.2, 0) is 0 Å². The molecule has 2 rings (SSSR count). The Kier molecular flexibility index (Phi) is 4.86. The molecule has 1 unspecified atom stereocenters. The first-order valence-electron chi connectivity index (χ1n) is 6.13. The molecule has 1 aliphatic rings. The summed E-state index contributed by atoms with van der Waals surface area (Å²) in [6, 6.07) is 6.19. The van der Waals surface area contributed by atoms with E-state index in [0.717, 1.165) is 15.1 Å². The van der Waals surface area contributed by atoms with Crippen LogP contribution in [0.5, 0.6) is 0 Å². The number of rotatable bonds is 3. The lowest BCUT2D eigenvalue weighted by molar-refractivity contribution is 0.273. The number of benzene rings is 1. The second kappa shape index (κ2) is 6.19. The standard InChI is InChI=1S/C13H18BrClN2/c14-10-6-7-11(12(15)8-10)13(17-16)9-4-2-1-3-5-9/h6-9,13,17H,1-5,16H2. The Balaban J connectivity index is 2.21. The highest BCUT2D eigenvalue weighted by atomic mass is 79.9. The van der Waals surface area contributed by atoms with Crippen LogP contribution in [0.15, 0.2) is 22.7 Å². The van der Waals surface area contributed by atoms with Gasteiger partial charge in [0.1, 0.15) is 0 Å². The largest absolute Gasteiger partial charge is 0.271 e. The molecule has 1 fully saturated rings. The topological polar surface area (TPSA) is 38.0 Å². The minimum atomic E-state index is 0.177. The third-order valence-electron chi connectivity index (χ3n) is 3.60. The summed E-state index contributed by atoms with van der Waals surface area (Å²) >= 11 is 9.72. The molecule has 0 saturated heterocycles. The number of hydrazine groups is 1. The molecule has 0 spiro atoms. The fourth-order valence-electron chi connectivity index (χ4n) is 2.70. The molecule has 0 heterocycles. The summed E-state index contributed by atoms with van der Waals surface area (Å²) in [5.74, 6) is 6.33. The van der Waals surface area contributed by atoms with Crippen molar-refractivity contribution >= 4 is 27.5 Å². The van der Waals surface area contributed by atoms with Crippen LogP contribution >= 0.6 is 27.5 Å². The molecule has 2 nitrogen and oxygen atoms in total. The summed E-state index contributed by atoms with van der Waals surface area (Å²) in [7, 11) is 0. The second-order valence-corrected chi connectivity index (χ2v) is 6.03. The predicted molar refractivity (Wildman–Crippen MR) is 75.8 cm³/mol. The van der Waals surface area contributed by atoms with Gasteiger partial charge in [0.05, 0.1) is 6.04 Å². The average Bonchev–Trinajstić information content (AvgIpc) is 2.34. The monoisotopic (exact) mass is 316 g/mol. The van der Waals surface area contributed by atoms with Gasteiger partial charge < -0.3 is 0 Å². The van der Waals surface area contributed by atoms with Gasteiger partial charge in [-0.2, -0.15) is 0 Å². The predicted octanol–water partition coefficient (Wildman–Crippen LogP) is 4.19. The van der Waals surface area contributed by atoms with Gasteiger partial charge in [0.2, 0.25) is 0 Å². The van der Waals surface area contributed by atoms with Crippen LogP contribution in [0.1, 0.15) is 43.7 Å². The highest BCUT2D eigenvalue weighted by Gasteiger charge is 2.25. The number of halogens is 2. The Hall–Kier alpha value is -0.0900. The summed E-state index contributed by atoms with van der Waals surface area (Å²) < 4.78 is 1.01. The third-order valence-corrected chi connectivity index (χ3v) is 4.42. The van der Waals surface area contributed by atoms with Crippen molar-refractivity contribution in [1.82, 2.24) is 5.43 Å². The molecule has 4 heteroatoms. The van der Waals surface area contributed by atoms with Gasteiger partial charge in [-0.25, -0.2) is 0 Å². The van der Waals surface area contributed by atoms with Crippen LogP contribution in [0.2, 0.25) is 5.02 Å². The number of hydrogen-bond donors (Lipinski definition) is 2. The van der Waals surface area contributed by atoms with E-state index in [1.165, 1.54) is 32.1 Å². The van der Waals surface area contributed by atoms with E-state index in [2.05, 4.69) is 27.4 Å². The molecule has 0 bridgehead atoms. The molecule has 0 amide bonds. The maximum atomic E-state index is 6.30. The third kappa shape index (κ3) is 3.22. The minimum absolute atomic E-state index is 0.177. The molecule has 0 radical (unpaired) electrons. The van der Waals surface area contributed by atoms with E-state index in [4.69, 9.17) is 17.4 Å². The lowest BCUT2D eigenvalue weighted by atomic mass is 9.81. The van der Waals surface area contributed by atoms with Gasteiger partial charge in [-0.15, -0.1) is 0 Å². The zero-order valence-corrected chi connectivity index (χ0v) is 12.1. The highest BCUT2D eigenvalue weighted by Crippen LogP contribution is 2.37. The Morgan fingerprint density at radius 1 is 1.29 bits per heavy atom. The zero-order valence-electron chi connectivity index (χ0n) is 9.76.